The lowest BCUT2D eigenvalue weighted by Crippen LogP contribution is -2.17. The van der Waals surface area contributed by atoms with Crippen LogP contribution in [0.1, 0.15) is 23.4 Å². The summed E-state index contributed by atoms with van der Waals surface area (Å²) in [5.74, 6) is 1.78. The van der Waals surface area contributed by atoms with Crippen LogP contribution in [0.5, 0.6) is 11.5 Å². The summed E-state index contributed by atoms with van der Waals surface area (Å²) in [5, 5.41) is 5.39. The highest BCUT2D eigenvalue weighted by Crippen LogP contribution is 2.37. The molecule has 1 N–H and O–H groups in total. The van der Waals surface area contributed by atoms with Crippen LogP contribution in [0.3, 0.4) is 0 Å². The molecule has 2 aromatic rings. The Labute approximate surface area is 132 Å². The molecule has 1 atom stereocenters. The molecule has 1 heterocycles. The summed E-state index contributed by atoms with van der Waals surface area (Å²) in [5.41, 5.74) is 1.17. The first-order chi connectivity index (χ1) is 9.71. The van der Waals surface area contributed by atoms with Crippen LogP contribution < -0.4 is 14.8 Å². The predicted molar refractivity (Wildman–Crippen MR) is 87.1 cm³/mol. The van der Waals surface area contributed by atoms with Crippen molar-refractivity contribution in [1.82, 2.24) is 5.32 Å². The number of hydrogen-bond donors (Lipinski definition) is 1. The second-order valence-electron chi connectivity index (χ2n) is 4.20. The Morgan fingerprint density at radius 2 is 2.10 bits per heavy atom. The van der Waals surface area contributed by atoms with Crippen LogP contribution in [0.25, 0.3) is 0 Å². The van der Waals surface area contributed by atoms with Crippen molar-refractivity contribution < 1.29 is 9.47 Å². The summed E-state index contributed by atoms with van der Waals surface area (Å²) in [6.45, 7) is 2.64. The van der Waals surface area contributed by atoms with Crippen LogP contribution in [0.2, 0.25) is 0 Å². The molecule has 0 saturated carbocycles. The van der Waals surface area contributed by atoms with Crippen molar-refractivity contribution in [3.05, 3.63) is 44.6 Å². The minimum Gasteiger partial charge on any atom is -0.496 e. The summed E-state index contributed by atoms with van der Waals surface area (Å²) in [4.78, 5) is 1.17. The number of benzene rings is 1. The van der Waals surface area contributed by atoms with Gasteiger partial charge in [0.05, 0.1) is 29.1 Å². The van der Waals surface area contributed by atoms with E-state index in [0.29, 0.717) is 6.61 Å². The van der Waals surface area contributed by atoms with E-state index in [4.69, 9.17) is 9.47 Å². The van der Waals surface area contributed by atoms with Gasteiger partial charge >= 0.3 is 0 Å². The molecule has 0 bridgehead atoms. The first-order valence-electron chi connectivity index (χ1n) is 6.42. The lowest BCUT2D eigenvalue weighted by atomic mass is 10.0. The standard InChI is InChI=1S/C15H18BrNO2S/c1-4-19-12-6-5-10(9-11(12)16)14(17-2)15-13(18-3)7-8-20-15/h5-9,14,17H,4H2,1-3H3. The summed E-state index contributed by atoms with van der Waals surface area (Å²) in [7, 11) is 3.65. The van der Waals surface area contributed by atoms with Gasteiger partial charge in [-0.15, -0.1) is 11.3 Å². The monoisotopic (exact) mass is 355 g/mol. The molecular formula is C15H18BrNO2S. The molecule has 0 saturated heterocycles. The molecule has 2 rings (SSSR count). The van der Waals surface area contributed by atoms with Gasteiger partial charge in [0, 0.05) is 0 Å². The van der Waals surface area contributed by atoms with Crippen LogP contribution in [0.15, 0.2) is 34.1 Å². The van der Waals surface area contributed by atoms with Crippen molar-refractivity contribution in [2.45, 2.75) is 13.0 Å². The smallest absolute Gasteiger partial charge is 0.134 e. The quantitative estimate of drug-likeness (QED) is 0.840. The first kappa shape index (κ1) is 15.4. The predicted octanol–water partition coefficient (Wildman–Crippen LogP) is 4.23. The SMILES string of the molecule is CCOc1ccc(C(NC)c2sccc2OC)cc1Br. The number of hydrogen-bond acceptors (Lipinski definition) is 4. The van der Waals surface area contributed by atoms with Crippen LogP contribution >= 0.6 is 27.3 Å². The molecule has 3 nitrogen and oxygen atoms in total. The molecule has 0 fully saturated rings. The van der Waals surface area contributed by atoms with Crippen LogP contribution in [-0.4, -0.2) is 20.8 Å². The molecule has 1 aromatic carbocycles. The van der Waals surface area contributed by atoms with Crippen molar-refractivity contribution in [2.24, 2.45) is 0 Å². The average Bonchev–Trinajstić information content (AvgIpc) is 2.91. The third kappa shape index (κ3) is 3.16. The van der Waals surface area contributed by atoms with Crippen molar-refractivity contribution >= 4 is 27.3 Å². The summed E-state index contributed by atoms with van der Waals surface area (Å²) < 4.78 is 11.9. The minimum absolute atomic E-state index is 0.108. The van der Waals surface area contributed by atoms with E-state index in [0.717, 1.165) is 16.0 Å². The molecule has 0 radical (unpaired) electrons. The number of nitrogens with one attached hydrogen (secondary N) is 1. The van der Waals surface area contributed by atoms with Crippen molar-refractivity contribution in [3.8, 4) is 11.5 Å². The Balaban J connectivity index is 2.35. The molecule has 0 spiro atoms. The van der Waals surface area contributed by atoms with E-state index in [-0.39, 0.29) is 6.04 Å². The Kier molecular flexibility index (Phi) is 5.46. The highest BCUT2D eigenvalue weighted by atomic mass is 79.9. The Hall–Kier alpha value is -1.04. The maximum absolute atomic E-state index is 5.55. The van der Waals surface area contributed by atoms with Gasteiger partial charge in [-0.05, 0) is 59.0 Å². The molecule has 0 aliphatic rings. The van der Waals surface area contributed by atoms with Gasteiger partial charge in [-0.25, -0.2) is 0 Å². The second-order valence-corrected chi connectivity index (χ2v) is 6.00. The summed E-state index contributed by atoms with van der Waals surface area (Å²) in [6.07, 6.45) is 0. The van der Waals surface area contributed by atoms with E-state index in [9.17, 15) is 0 Å². The lowest BCUT2D eigenvalue weighted by molar-refractivity contribution is 0.338. The zero-order valence-corrected chi connectivity index (χ0v) is 14.2. The molecular weight excluding hydrogens is 338 g/mol. The van der Waals surface area contributed by atoms with E-state index >= 15 is 0 Å². The van der Waals surface area contributed by atoms with Crippen molar-refractivity contribution in [1.29, 1.82) is 0 Å². The normalized spacial score (nSPS) is 12.2. The van der Waals surface area contributed by atoms with E-state index in [1.54, 1.807) is 18.4 Å². The van der Waals surface area contributed by atoms with Gasteiger partial charge in [0.1, 0.15) is 11.5 Å². The maximum Gasteiger partial charge on any atom is 0.134 e. The Morgan fingerprint density at radius 3 is 2.70 bits per heavy atom. The summed E-state index contributed by atoms with van der Waals surface area (Å²) >= 11 is 5.25. The third-order valence-corrected chi connectivity index (χ3v) is 4.60. The number of rotatable bonds is 6. The molecule has 0 amide bonds. The van der Waals surface area contributed by atoms with Crippen molar-refractivity contribution in [3.63, 3.8) is 0 Å². The number of ether oxygens (including phenoxy) is 2. The molecule has 1 aromatic heterocycles. The van der Waals surface area contributed by atoms with Gasteiger partial charge in [-0.2, -0.15) is 0 Å². The highest BCUT2D eigenvalue weighted by molar-refractivity contribution is 9.10. The van der Waals surface area contributed by atoms with E-state index in [1.807, 2.05) is 31.5 Å². The van der Waals surface area contributed by atoms with Crippen molar-refractivity contribution in [2.75, 3.05) is 20.8 Å². The van der Waals surface area contributed by atoms with Gasteiger partial charge in [-0.3, -0.25) is 0 Å². The second kappa shape index (κ2) is 7.11. The van der Waals surface area contributed by atoms with E-state index < -0.39 is 0 Å². The Morgan fingerprint density at radius 1 is 1.30 bits per heavy atom. The summed E-state index contributed by atoms with van der Waals surface area (Å²) in [6, 6.07) is 8.26. The Bertz CT molecular complexity index is 571. The van der Waals surface area contributed by atoms with Crippen LogP contribution in [0.4, 0.5) is 0 Å². The number of thiophene rings is 1. The first-order valence-corrected chi connectivity index (χ1v) is 8.09. The van der Waals surface area contributed by atoms with Crippen LogP contribution in [0, 0.1) is 0 Å². The van der Waals surface area contributed by atoms with Gasteiger partial charge in [-0.1, -0.05) is 6.07 Å². The lowest BCUT2D eigenvalue weighted by Gasteiger charge is -2.18. The topological polar surface area (TPSA) is 30.5 Å². The van der Waals surface area contributed by atoms with Crippen LogP contribution in [-0.2, 0) is 0 Å². The van der Waals surface area contributed by atoms with Gasteiger partial charge in [0.15, 0.2) is 0 Å². The molecule has 5 heteroatoms. The largest absolute Gasteiger partial charge is 0.496 e. The zero-order valence-electron chi connectivity index (χ0n) is 11.8. The third-order valence-electron chi connectivity index (χ3n) is 3.02. The fourth-order valence-electron chi connectivity index (χ4n) is 2.11. The maximum atomic E-state index is 5.55. The minimum atomic E-state index is 0.108. The van der Waals surface area contributed by atoms with Gasteiger partial charge < -0.3 is 14.8 Å². The fraction of sp³-hybridized carbons (Fsp3) is 0.333. The number of halogens is 1. The molecule has 0 aliphatic carbocycles. The van der Waals surface area contributed by atoms with E-state index in [1.165, 1.54) is 10.4 Å². The number of methoxy groups -OCH3 is 1. The highest BCUT2D eigenvalue weighted by Gasteiger charge is 2.19. The van der Waals surface area contributed by atoms with Gasteiger partial charge in [0.2, 0.25) is 0 Å². The van der Waals surface area contributed by atoms with E-state index in [2.05, 4.69) is 33.4 Å². The molecule has 20 heavy (non-hydrogen) atoms. The zero-order chi connectivity index (χ0) is 14.5. The average molecular weight is 356 g/mol. The van der Waals surface area contributed by atoms with Gasteiger partial charge in [0.25, 0.3) is 0 Å². The fourth-order valence-corrected chi connectivity index (χ4v) is 3.61. The molecule has 108 valence electrons. The molecule has 0 aliphatic heterocycles. The molecule has 1 unspecified atom stereocenters.